The molecule has 22 heavy (non-hydrogen) atoms. The number of halogens is 4. The van der Waals surface area contributed by atoms with Crippen molar-refractivity contribution < 1.29 is 22.7 Å². The van der Waals surface area contributed by atoms with Gasteiger partial charge in [0.1, 0.15) is 5.75 Å². The summed E-state index contributed by atoms with van der Waals surface area (Å²) in [6.07, 6.45) is -1.50. The average Bonchev–Trinajstić information content (AvgIpc) is 2.46. The number of piperidine rings is 1. The Kier molecular flexibility index (Phi) is 6.96. The Morgan fingerprint density at radius 3 is 2.50 bits per heavy atom. The van der Waals surface area contributed by atoms with Gasteiger partial charge in [0.25, 0.3) is 0 Å². The summed E-state index contributed by atoms with van der Waals surface area (Å²) < 4.78 is 40.6. The van der Waals surface area contributed by atoms with Crippen molar-refractivity contribution in [3.05, 3.63) is 24.3 Å². The monoisotopic (exact) mass is 338 g/mol. The van der Waals surface area contributed by atoms with Crippen LogP contribution in [0.15, 0.2) is 24.3 Å². The quantitative estimate of drug-likeness (QED) is 0.887. The van der Waals surface area contributed by atoms with E-state index in [9.17, 15) is 18.0 Å². The van der Waals surface area contributed by atoms with E-state index in [4.69, 9.17) is 0 Å². The van der Waals surface area contributed by atoms with Gasteiger partial charge in [-0.2, -0.15) is 13.2 Å². The second kappa shape index (κ2) is 8.24. The van der Waals surface area contributed by atoms with Gasteiger partial charge in [-0.3, -0.25) is 4.79 Å². The number of ether oxygens (including phenoxy) is 1. The Balaban J connectivity index is 0.00000242. The van der Waals surface area contributed by atoms with Crippen LogP contribution in [0.25, 0.3) is 0 Å². The molecular weight excluding hydrogens is 321 g/mol. The smallest absolute Gasteiger partial charge is 0.422 e. The molecule has 1 unspecified atom stereocenters. The van der Waals surface area contributed by atoms with Crippen LogP contribution in [-0.2, 0) is 4.79 Å². The molecule has 4 nitrogen and oxygen atoms in total. The van der Waals surface area contributed by atoms with Crippen LogP contribution in [0.5, 0.6) is 5.75 Å². The second-order valence-electron chi connectivity index (χ2n) is 4.92. The van der Waals surface area contributed by atoms with Crippen LogP contribution in [0, 0.1) is 0 Å². The summed E-state index contributed by atoms with van der Waals surface area (Å²) in [7, 11) is 0. The molecule has 1 saturated heterocycles. The number of carbonyl (C=O) groups is 1. The fraction of sp³-hybridized carbons (Fsp3) is 0.500. The lowest BCUT2D eigenvalue weighted by molar-refractivity contribution is -0.153. The molecule has 0 aromatic heterocycles. The maximum absolute atomic E-state index is 12.0. The van der Waals surface area contributed by atoms with E-state index in [1.54, 1.807) is 0 Å². The second-order valence-corrected chi connectivity index (χ2v) is 4.92. The number of benzene rings is 1. The lowest BCUT2D eigenvalue weighted by Gasteiger charge is -2.22. The van der Waals surface area contributed by atoms with E-state index >= 15 is 0 Å². The van der Waals surface area contributed by atoms with Crippen LogP contribution >= 0.6 is 12.4 Å². The molecule has 0 spiro atoms. The average molecular weight is 339 g/mol. The summed E-state index contributed by atoms with van der Waals surface area (Å²) in [5.41, 5.74) is 0.534. The molecule has 8 heteroatoms. The first-order valence-corrected chi connectivity index (χ1v) is 6.78. The van der Waals surface area contributed by atoms with E-state index in [1.165, 1.54) is 24.3 Å². The topological polar surface area (TPSA) is 50.4 Å². The molecule has 0 aliphatic carbocycles. The fourth-order valence-corrected chi connectivity index (χ4v) is 2.10. The van der Waals surface area contributed by atoms with Crippen LogP contribution in [0.2, 0.25) is 0 Å². The van der Waals surface area contributed by atoms with Crippen LogP contribution in [0.1, 0.15) is 19.3 Å². The molecule has 1 amide bonds. The van der Waals surface area contributed by atoms with Crippen molar-refractivity contribution in [2.45, 2.75) is 31.5 Å². The molecule has 1 aliphatic heterocycles. The number of hydrogen-bond donors (Lipinski definition) is 2. The van der Waals surface area contributed by atoms with Crippen molar-refractivity contribution in [1.29, 1.82) is 0 Å². The molecule has 1 heterocycles. The van der Waals surface area contributed by atoms with E-state index < -0.39 is 12.8 Å². The highest BCUT2D eigenvalue weighted by Crippen LogP contribution is 2.20. The van der Waals surface area contributed by atoms with Gasteiger partial charge in [0.05, 0.1) is 6.04 Å². The molecule has 0 bridgehead atoms. The predicted octanol–water partition coefficient (Wildman–Crippen LogP) is 3.13. The van der Waals surface area contributed by atoms with Crippen molar-refractivity contribution >= 4 is 24.0 Å². The standard InChI is InChI=1S/C14H17F3N2O2.ClH/c15-14(16,17)9-21-11-6-4-10(5-7-11)19-13(20)12-3-1-2-8-18-12;/h4-7,12,18H,1-3,8-9H2,(H,19,20);1H. The first-order valence-electron chi connectivity index (χ1n) is 6.78. The van der Waals surface area contributed by atoms with Gasteiger partial charge in [-0.05, 0) is 43.7 Å². The normalized spacial score (nSPS) is 18.2. The lowest BCUT2D eigenvalue weighted by Crippen LogP contribution is -2.43. The Bertz CT molecular complexity index is 474. The molecule has 0 radical (unpaired) electrons. The minimum absolute atomic E-state index is 0. The van der Waals surface area contributed by atoms with Gasteiger partial charge in [-0.25, -0.2) is 0 Å². The van der Waals surface area contributed by atoms with Crippen molar-refractivity contribution in [2.24, 2.45) is 0 Å². The molecule has 1 aromatic carbocycles. The summed E-state index contributed by atoms with van der Waals surface area (Å²) >= 11 is 0. The van der Waals surface area contributed by atoms with Crippen molar-refractivity contribution in [1.82, 2.24) is 5.32 Å². The zero-order chi connectivity index (χ0) is 15.3. The maximum Gasteiger partial charge on any atom is 0.422 e. The van der Waals surface area contributed by atoms with Gasteiger partial charge in [0, 0.05) is 5.69 Å². The van der Waals surface area contributed by atoms with Gasteiger partial charge in [-0.15, -0.1) is 12.4 Å². The largest absolute Gasteiger partial charge is 0.484 e. The molecule has 1 atom stereocenters. The molecule has 2 rings (SSSR count). The predicted molar refractivity (Wildman–Crippen MR) is 79.5 cm³/mol. The minimum Gasteiger partial charge on any atom is -0.484 e. The van der Waals surface area contributed by atoms with Crippen LogP contribution < -0.4 is 15.4 Å². The zero-order valence-corrected chi connectivity index (χ0v) is 12.6. The van der Waals surface area contributed by atoms with E-state index in [0.717, 1.165) is 25.8 Å². The van der Waals surface area contributed by atoms with Crippen LogP contribution in [0.3, 0.4) is 0 Å². The van der Waals surface area contributed by atoms with Gasteiger partial charge in [-0.1, -0.05) is 6.42 Å². The van der Waals surface area contributed by atoms with Gasteiger partial charge in [0.15, 0.2) is 6.61 Å². The molecule has 1 aromatic rings. The molecule has 2 N–H and O–H groups in total. The van der Waals surface area contributed by atoms with Gasteiger partial charge >= 0.3 is 6.18 Å². The van der Waals surface area contributed by atoms with E-state index in [2.05, 4.69) is 15.4 Å². The van der Waals surface area contributed by atoms with E-state index in [0.29, 0.717) is 5.69 Å². The number of rotatable bonds is 4. The van der Waals surface area contributed by atoms with Crippen molar-refractivity contribution in [3.8, 4) is 5.75 Å². The Labute approximate surface area is 132 Å². The third kappa shape index (κ3) is 6.11. The summed E-state index contributed by atoms with van der Waals surface area (Å²) in [4.78, 5) is 12.0. The Morgan fingerprint density at radius 1 is 1.27 bits per heavy atom. The first-order chi connectivity index (χ1) is 9.94. The summed E-state index contributed by atoms with van der Waals surface area (Å²) in [5, 5.41) is 5.86. The molecular formula is C14H18ClF3N2O2. The highest BCUT2D eigenvalue weighted by molar-refractivity contribution is 5.94. The molecule has 124 valence electrons. The van der Waals surface area contributed by atoms with Gasteiger partial charge < -0.3 is 15.4 Å². The number of alkyl halides is 3. The van der Waals surface area contributed by atoms with E-state index in [1.807, 2.05) is 0 Å². The Hall–Kier alpha value is -1.47. The number of anilines is 1. The summed E-state index contributed by atoms with van der Waals surface area (Å²) in [5.74, 6) is -0.0141. The maximum atomic E-state index is 12.0. The summed E-state index contributed by atoms with van der Waals surface area (Å²) in [6, 6.07) is 5.63. The van der Waals surface area contributed by atoms with Crippen molar-refractivity contribution in [3.63, 3.8) is 0 Å². The van der Waals surface area contributed by atoms with Crippen LogP contribution in [-0.4, -0.2) is 31.3 Å². The highest BCUT2D eigenvalue weighted by atomic mass is 35.5. The number of hydrogen-bond acceptors (Lipinski definition) is 3. The third-order valence-corrected chi connectivity index (χ3v) is 3.15. The Morgan fingerprint density at radius 2 is 1.95 bits per heavy atom. The molecule has 1 aliphatic rings. The van der Waals surface area contributed by atoms with Crippen molar-refractivity contribution in [2.75, 3.05) is 18.5 Å². The van der Waals surface area contributed by atoms with Crippen LogP contribution in [0.4, 0.5) is 18.9 Å². The number of amides is 1. The number of carbonyl (C=O) groups excluding carboxylic acids is 1. The first kappa shape index (κ1) is 18.6. The number of nitrogens with one attached hydrogen (secondary N) is 2. The zero-order valence-electron chi connectivity index (χ0n) is 11.8. The molecule has 0 saturated carbocycles. The summed E-state index contributed by atoms with van der Waals surface area (Å²) in [6.45, 7) is -0.507. The van der Waals surface area contributed by atoms with E-state index in [-0.39, 0.29) is 30.1 Å². The third-order valence-electron chi connectivity index (χ3n) is 3.15. The minimum atomic E-state index is -4.36. The van der Waals surface area contributed by atoms with Gasteiger partial charge in [0.2, 0.25) is 5.91 Å². The SMILES string of the molecule is Cl.O=C(Nc1ccc(OCC(F)(F)F)cc1)C1CCCCN1. The molecule has 1 fully saturated rings. The lowest BCUT2D eigenvalue weighted by atomic mass is 10.0. The fourth-order valence-electron chi connectivity index (χ4n) is 2.10. The highest BCUT2D eigenvalue weighted by Gasteiger charge is 2.28.